The molecule has 13 nitrogen and oxygen atoms in total. The molecule has 14 heteroatoms. The van der Waals surface area contributed by atoms with Gasteiger partial charge < -0.3 is 29.9 Å². The standard InChI is InChI=1S/C34H48N6O7S/c1-38(2)48(44,45)37-33(42)23-11-13-28-29(19-23)40-20-25(36-34(43)39(3)21-30(41)35-15-16-46-4)17-24-18-26(47-5)12-14-27(24)32(40)31(28)22-9-7-6-8-10-22/h11-14,18-19,22,25,31-32H,6-10,15-17,20-21H2,1-5H3,(H,35,41)(H,36,43)(H,37,42). The fourth-order valence-corrected chi connectivity index (χ4v) is 7.87. The quantitative estimate of drug-likeness (QED) is 0.306. The summed E-state index contributed by atoms with van der Waals surface area (Å²) in [5.74, 6) is 0.294. The molecule has 48 heavy (non-hydrogen) atoms. The summed E-state index contributed by atoms with van der Waals surface area (Å²) in [5.41, 5.74) is 4.43. The number of nitrogens with zero attached hydrogens (tertiary/aromatic N) is 3. The summed E-state index contributed by atoms with van der Waals surface area (Å²) in [6.07, 6.45) is 6.26. The maximum atomic E-state index is 13.5. The molecule has 1 aliphatic carbocycles. The highest BCUT2D eigenvalue weighted by Gasteiger charge is 2.46. The van der Waals surface area contributed by atoms with Crippen molar-refractivity contribution in [2.24, 2.45) is 5.92 Å². The maximum absolute atomic E-state index is 13.5. The molecule has 3 aliphatic rings. The lowest BCUT2D eigenvalue weighted by molar-refractivity contribution is -0.121. The van der Waals surface area contributed by atoms with Gasteiger partial charge in [-0.3, -0.25) is 9.59 Å². The molecule has 0 saturated heterocycles. The van der Waals surface area contributed by atoms with E-state index >= 15 is 0 Å². The van der Waals surface area contributed by atoms with Gasteiger partial charge in [-0.15, -0.1) is 0 Å². The van der Waals surface area contributed by atoms with Crippen LogP contribution in [0.25, 0.3) is 0 Å². The van der Waals surface area contributed by atoms with E-state index in [-0.39, 0.29) is 42.0 Å². The van der Waals surface area contributed by atoms with Crippen LogP contribution in [0.5, 0.6) is 5.75 Å². The van der Waals surface area contributed by atoms with E-state index in [1.807, 2.05) is 18.2 Å². The summed E-state index contributed by atoms with van der Waals surface area (Å²) < 4.78 is 38.7. The number of amides is 4. The first-order valence-corrected chi connectivity index (χ1v) is 18.0. The van der Waals surface area contributed by atoms with Gasteiger partial charge in [0, 0.05) is 58.5 Å². The second kappa shape index (κ2) is 15.1. The van der Waals surface area contributed by atoms with Crippen molar-refractivity contribution in [2.45, 2.75) is 56.5 Å². The van der Waals surface area contributed by atoms with E-state index in [0.717, 1.165) is 58.1 Å². The van der Waals surface area contributed by atoms with Crippen molar-refractivity contribution in [3.63, 3.8) is 0 Å². The van der Waals surface area contributed by atoms with E-state index in [2.05, 4.69) is 26.3 Å². The third-order valence-electron chi connectivity index (χ3n) is 9.73. The Labute approximate surface area is 283 Å². The molecule has 0 spiro atoms. The number of hydrogen-bond acceptors (Lipinski definition) is 8. The molecule has 2 aromatic rings. The molecular weight excluding hydrogens is 636 g/mol. The smallest absolute Gasteiger partial charge is 0.317 e. The lowest BCUT2D eigenvalue weighted by Gasteiger charge is -2.36. The Hall–Kier alpha value is -3.88. The number of anilines is 1. The number of ether oxygens (including phenoxy) is 2. The summed E-state index contributed by atoms with van der Waals surface area (Å²) in [5, 5.41) is 5.90. The Morgan fingerprint density at radius 1 is 0.979 bits per heavy atom. The van der Waals surface area contributed by atoms with Crippen molar-refractivity contribution < 1.29 is 32.3 Å². The number of carbonyl (C=O) groups excluding carboxylic acids is 3. The van der Waals surface area contributed by atoms with Gasteiger partial charge >= 0.3 is 16.2 Å². The van der Waals surface area contributed by atoms with Gasteiger partial charge in [0.05, 0.1) is 25.8 Å². The summed E-state index contributed by atoms with van der Waals surface area (Å²) in [6.45, 7) is 1.06. The molecule has 0 aromatic heterocycles. The Kier molecular flexibility index (Phi) is 11.2. The second-order valence-electron chi connectivity index (χ2n) is 13.1. The Bertz CT molecular complexity index is 1610. The van der Waals surface area contributed by atoms with Crippen molar-refractivity contribution in [2.75, 3.05) is 66.5 Å². The SMILES string of the molecule is COCCNC(=O)CN(C)C(=O)NC1Cc2cc(OC)ccc2C2C(C3CCCCC3)c3ccc(C(=O)NS(=O)(=O)N(C)C)cc3N2C1. The van der Waals surface area contributed by atoms with Gasteiger partial charge in [0.15, 0.2) is 0 Å². The summed E-state index contributed by atoms with van der Waals surface area (Å²) in [6, 6.07) is 10.8. The number of fused-ring (bicyclic) bond motifs is 5. The predicted molar refractivity (Wildman–Crippen MR) is 182 cm³/mol. The fourth-order valence-electron chi connectivity index (χ4n) is 7.33. The normalized spacial score (nSPS) is 20.6. The molecule has 0 radical (unpaired) electrons. The molecule has 2 aliphatic heterocycles. The van der Waals surface area contributed by atoms with Gasteiger partial charge in [0.2, 0.25) is 5.91 Å². The number of rotatable bonds is 11. The average molecular weight is 685 g/mol. The number of likely N-dealkylation sites (N-methyl/N-ethyl adjacent to an activating group) is 1. The number of hydrogen-bond donors (Lipinski definition) is 3. The third kappa shape index (κ3) is 7.71. The van der Waals surface area contributed by atoms with Crippen LogP contribution in [0.1, 0.15) is 71.1 Å². The molecule has 5 rings (SSSR count). The molecule has 3 N–H and O–H groups in total. The lowest BCUT2D eigenvalue weighted by atomic mass is 9.73. The predicted octanol–water partition coefficient (Wildman–Crippen LogP) is 2.79. The number of carbonyl (C=O) groups is 3. The molecular formula is C34H48N6O7S. The number of methoxy groups -OCH3 is 2. The largest absolute Gasteiger partial charge is 0.497 e. The summed E-state index contributed by atoms with van der Waals surface area (Å²) in [4.78, 5) is 42.8. The summed E-state index contributed by atoms with van der Waals surface area (Å²) in [7, 11) is 3.51. The highest BCUT2D eigenvalue weighted by Crippen LogP contribution is 2.56. The maximum Gasteiger partial charge on any atom is 0.317 e. The monoisotopic (exact) mass is 684 g/mol. The zero-order valence-electron chi connectivity index (χ0n) is 28.5. The van der Waals surface area contributed by atoms with Crippen LogP contribution in [0.4, 0.5) is 10.5 Å². The van der Waals surface area contributed by atoms with Gasteiger partial charge in [-0.25, -0.2) is 9.52 Å². The third-order valence-corrected chi connectivity index (χ3v) is 11.1. The van der Waals surface area contributed by atoms with Crippen molar-refractivity contribution in [1.29, 1.82) is 0 Å². The van der Waals surface area contributed by atoms with Gasteiger partial charge in [-0.05, 0) is 66.1 Å². The van der Waals surface area contributed by atoms with Crippen LogP contribution in [0.3, 0.4) is 0 Å². The molecule has 3 atom stereocenters. The topological polar surface area (TPSA) is 150 Å². The highest BCUT2D eigenvalue weighted by atomic mass is 32.2. The Balaban J connectivity index is 1.51. The molecule has 4 amide bonds. The van der Waals surface area contributed by atoms with Gasteiger partial charge in [0.1, 0.15) is 12.3 Å². The van der Waals surface area contributed by atoms with E-state index < -0.39 is 16.1 Å². The van der Waals surface area contributed by atoms with Crippen LogP contribution >= 0.6 is 0 Å². The molecule has 0 bridgehead atoms. The zero-order valence-corrected chi connectivity index (χ0v) is 29.3. The van der Waals surface area contributed by atoms with Crippen molar-refractivity contribution in [1.82, 2.24) is 24.6 Å². The lowest BCUT2D eigenvalue weighted by Crippen LogP contribution is -2.50. The van der Waals surface area contributed by atoms with Gasteiger partial charge in [-0.1, -0.05) is 31.4 Å². The van der Waals surface area contributed by atoms with Crippen molar-refractivity contribution >= 4 is 33.7 Å². The average Bonchev–Trinajstić information content (AvgIpc) is 3.28. The molecule has 262 valence electrons. The van der Waals surface area contributed by atoms with E-state index in [0.29, 0.717) is 32.0 Å². The second-order valence-corrected chi connectivity index (χ2v) is 15.0. The number of nitrogens with one attached hydrogen (secondary N) is 3. The number of benzene rings is 2. The minimum atomic E-state index is -3.99. The highest BCUT2D eigenvalue weighted by molar-refractivity contribution is 7.87. The van der Waals surface area contributed by atoms with Crippen LogP contribution in [-0.4, -0.2) is 103 Å². The molecule has 2 aromatic carbocycles. The Morgan fingerprint density at radius 3 is 2.40 bits per heavy atom. The first-order chi connectivity index (χ1) is 22.9. The Morgan fingerprint density at radius 2 is 1.71 bits per heavy atom. The van der Waals surface area contributed by atoms with Gasteiger partial charge in [0.25, 0.3) is 5.91 Å². The van der Waals surface area contributed by atoms with E-state index in [9.17, 15) is 22.8 Å². The first-order valence-electron chi connectivity index (χ1n) is 16.5. The van der Waals surface area contributed by atoms with Crippen molar-refractivity contribution in [3.05, 3.63) is 58.7 Å². The first kappa shape index (κ1) is 35.4. The molecule has 1 saturated carbocycles. The van der Waals surface area contributed by atoms with E-state index in [4.69, 9.17) is 9.47 Å². The van der Waals surface area contributed by atoms with Gasteiger partial charge in [-0.2, -0.15) is 12.7 Å². The fraction of sp³-hybridized carbons (Fsp3) is 0.559. The summed E-state index contributed by atoms with van der Waals surface area (Å²) >= 11 is 0. The zero-order chi connectivity index (χ0) is 34.6. The molecule has 1 fully saturated rings. The van der Waals surface area contributed by atoms with Crippen molar-refractivity contribution in [3.8, 4) is 5.75 Å². The minimum Gasteiger partial charge on any atom is -0.497 e. The van der Waals surface area contributed by atoms with Crippen LogP contribution < -0.4 is 25.0 Å². The van der Waals surface area contributed by atoms with Crippen LogP contribution in [0.15, 0.2) is 36.4 Å². The van der Waals surface area contributed by atoms with E-state index in [1.165, 1.54) is 25.4 Å². The number of urea groups is 1. The minimum absolute atomic E-state index is 0.0565. The van der Waals surface area contributed by atoms with Crippen LogP contribution in [0.2, 0.25) is 0 Å². The van der Waals surface area contributed by atoms with Crippen LogP contribution in [0, 0.1) is 5.92 Å². The van der Waals surface area contributed by atoms with Crippen LogP contribution in [-0.2, 0) is 26.2 Å². The molecule has 3 unspecified atom stereocenters. The van der Waals surface area contributed by atoms with E-state index in [1.54, 1.807) is 33.4 Å². The molecule has 2 heterocycles.